The van der Waals surface area contributed by atoms with Gasteiger partial charge in [0.15, 0.2) is 10.9 Å². The number of rotatable bonds is 7. The van der Waals surface area contributed by atoms with Crippen LogP contribution in [0.2, 0.25) is 0 Å². The Kier molecular flexibility index (Phi) is 5.87. The summed E-state index contributed by atoms with van der Waals surface area (Å²) in [5.41, 5.74) is 1.74. The fourth-order valence-electron chi connectivity index (χ4n) is 3.63. The highest BCUT2D eigenvalue weighted by Crippen LogP contribution is 2.34. The van der Waals surface area contributed by atoms with Crippen molar-refractivity contribution in [3.05, 3.63) is 63.3 Å². The molecule has 0 unspecified atom stereocenters. The maximum Gasteiger partial charge on any atom is 0.263 e. The smallest absolute Gasteiger partial charge is 0.263 e. The van der Waals surface area contributed by atoms with Crippen molar-refractivity contribution in [2.75, 3.05) is 12.9 Å². The lowest BCUT2D eigenvalue weighted by molar-refractivity contribution is 0.102. The lowest BCUT2D eigenvalue weighted by Gasteiger charge is -2.12. The van der Waals surface area contributed by atoms with E-state index in [1.807, 2.05) is 0 Å². The van der Waals surface area contributed by atoms with Crippen LogP contribution in [0.1, 0.15) is 33.6 Å². The minimum absolute atomic E-state index is 0.0226. The quantitative estimate of drug-likeness (QED) is 0.241. The van der Waals surface area contributed by atoms with Crippen LogP contribution in [0, 0.1) is 0 Å². The van der Waals surface area contributed by atoms with Crippen LogP contribution < -0.4 is 10.3 Å². The zero-order chi connectivity index (χ0) is 20.4. The predicted octanol–water partition coefficient (Wildman–Crippen LogP) is 4.51. The molecule has 3 aromatic rings. The molecule has 0 saturated carbocycles. The van der Waals surface area contributed by atoms with E-state index in [1.165, 1.54) is 22.2 Å². The summed E-state index contributed by atoms with van der Waals surface area (Å²) in [7, 11) is 1.58. The third-order valence-corrected chi connectivity index (χ3v) is 7.24. The summed E-state index contributed by atoms with van der Waals surface area (Å²) in [5.74, 6) is 0.819. The van der Waals surface area contributed by atoms with Crippen molar-refractivity contribution < 1.29 is 9.53 Å². The van der Waals surface area contributed by atoms with Crippen LogP contribution in [0.5, 0.6) is 5.75 Å². The average molecular weight is 427 g/mol. The number of allylic oxidation sites excluding steroid dienone is 1. The second kappa shape index (κ2) is 8.55. The van der Waals surface area contributed by atoms with Crippen molar-refractivity contribution in [2.45, 2.75) is 37.4 Å². The molecule has 1 aromatic carbocycles. The molecule has 0 spiro atoms. The van der Waals surface area contributed by atoms with Gasteiger partial charge in [0.25, 0.3) is 5.56 Å². The van der Waals surface area contributed by atoms with Crippen molar-refractivity contribution in [1.82, 2.24) is 9.55 Å². The van der Waals surface area contributed by atoms with Crippen LogP contribution in [-0.4, -0.2) is 28.2 Å². The van der Waals surface area contributed by atoms with Crippen LogP contribution in [0.4, 0.5) is 0 Å². The number of hydrogen-bond acceptors (Lipinski definition) is 6. The highest BCUT2D eigenvalue weighted by molar-refractivity contribution is 7.99. The molecule has 0 amide bonds. The number of methoxy groups -OCH3 is 1. The van der Waals surface area contributed by atoms with Crippen molar-refractivity contribution >= 4 is 39.1 Å². The first kappa shape index (κ1) is 19.9. The van der Waals surface area contributed by atoms with Gasteiger partial charge < -0.3 is 4.74 Å². The Balaban J connectivity index is 1.67. The second-order valence-electron chi connectivity index (χ2n) is 6.93. The monoisotopic (exact) mass is 426 g/mol. The van der Waals surface area contributed by atoms with Gasteiger partial charge in [-0.05, 0) is 43.4 Å². The molecule has 0 saturated heterocycles. The summed E-state index contributed by atoms with van der Waals surface area (Å²) in [4.78, 5) is 32.7. The maximum atomic E-state index is 13.2. The minimum atomic E-state index is -0.0288. The van der Waals surface area contributed by atoms with Gasteiger partial charge in [-0.1, -0.05) is 30.0 Å². The molecular weight excluding hydrogens is 404 g/mol. The Labute approximate surface area is 177 Å². The van der Waals surface area contributed by atoms with Gasteiger partial charge in [0.2, 0.25) is 0 Å². The van der Waals surface area contributed by atoms with E-state index >= 15 is 0 Å². The second-order valence-corrected chi connectivity index (χ2v) is 8.96. The molecule has 1 aliphatic rings. The average Bonchev–Trinajstić information content (AvgIpc) is 3.13. The normalized spacial score (nSPS) is 13.3. The molecule has 5 nitrogen and oxygen atoms in total. The van der Waals surface area contributed by atoms with E-state index in [4.69, 9.17) is 9.72 Å². The zero-order valence-electron chi connectivity index (χ0n) is 16.3. The van der Waals surface area contributed by atoms with E-state index < -0.39 is 0 Å². The molecule has 4 rings (SSSR count). The molecule has 0 N–H and O–H groups in total. The molecule has 0 fully saturated rings. The van der Waals surface area contributed by atoms with E-state index in [-0.39, 0.29) is 17.1 Å². The molecule has 2 heterocycles. The van der Waals surface area contributed by atoms with E-state index in [9.17, 15) is 9.59 Å². The van der Waals surface area contributed by atoms with E-state index in [0.29, 0.717) is 23.0 Å². The van der Waals surface area contributed by atoms with Crippen molar-refractivity contribution in [3.63, 3.8) is 0 Å². The summed E-state index contributed by atoms with van der Waals surface area (Å²) >= 11 is 2.92. The van der Waals surface area contributed by atoms with Crippen LogP contribution in [-0.2, 0) is 19.4 Å². The van der Waals surface area contributed by atoms with E-state index in [0.717, 1.165) is 35.9 Å². The molecule has 7 heteroatoms. The van der Waals surface area contributed by atoms with Crippen molar-refractivity contribution in [2.24, 2.45) is 0 Å². The first-order valence-corrected chi connectivity index (χ1v) is 11.4. The SMILES string of the molecule is C=CCn1c(SCC(=O)c2cccc(OC)c2)nc2sc3c(c2c1=O)CCCC3. The van der Waals surface area contributed by atoms with Gasteiger partial charge in [-0.15, -0.1) is 17.9 Å². The zero-order valence-corrected chi connectivity index (χ0v) is 17.9. The molecule has 2 aromatic heterocycles. The summed E-state index contributed by atoms with van der Waals surface area (Å²) in [6, 6.07) is 7.10. The number of thiophene rings is 1. The lowest BCUT2D eigenvalue weighted by Crippen LogP contribution is -2.23. The summed E-state index contributed by atoms with van der Waals surface area (Å²) < 4.78 is 6.84. The Bertz CT molecular complexity index is 1150. The summed E-state index contributed by atoms with van der Waals surface area (Å²) in [6.07, 6.45) is 5.94. The van der Waals surface area contributed by atoms with E-state index in [2.05, 4.69) is 6.58 Å². The fraction of sp³-hybridized carbons (Fsp3) is 0.318. The topological polar surface area (TPSA) is 61.2 Å². The third-order valence-electron chi connectivity index (χ3n) is 5.08. The number of ether oxygens (including phenoxy) is 1. The van der Waals surface area contributed by atoms with Gasteiger partial charge in [0.1, 0.15) is 10.6 Å². The number of carbonyl (C=O) groups is 1. The largest absolute Gasteiger partial charge is 0.497 e. The Morgan fingerprint density at radius 3 is 3.00 bits per heavy atom. The number of ketones is 1. The predicted molar refractivity (Wildman–Crippen MR) is 119 cm³/mol. The Hall–Kier alpha value is -2.38. The summed E-state index contributed by atoms with van der Waals surface area (Å²) in [6.45, 7) is 4.16. The van der Waals surface area contributed by atoms with Gasteiger partial charge in [-0.3, -0.25) is 14.2 Å². The summed E-state index contributed by atoms with van der Waals surface area (Å²) in [5, 5.41) is 1.33. The molecule has 1 aliphatic carbocycles. The first-order chi connectivity index (χ1) is 14.1. The maximum absolute atomic E-state index is 13.2. The van der Waals surface area contributed by atoms with Gasteiger partial charge in [-0.25, -0.2) is 4.98 Å². The molecule has 0 radical (unpaired) electrons. The van der Waals surface area contributed by atoms with E-state index in [1.54, 1.807) is 53.4 Å². The molecule has 0 aliphatic heterocycles. The number of Topliss-reactive ketones (excluding diaryl/α,β-unsaturated/α-hetero) is 1. The molecule has 0 bridgehead atoms. The van der Waals surface area contributed by atoms with Crippen LogP contribution in [0.25, 0.3) is 10.2 Å². The number of aryl methyl sites for hydroxylation is 2. The van der Waals surface area contributed by atoms with Gasteiger partial charge >= 0.3 is 0 Å². The number of carbonyl (C=O) groups excluding carboxylic acids is 1. The highest BCUT2D eigenvalue weighted by Gasteiger charge is 2.22. The number of thioether (sulfide) groups is 1. The van der Waals surface area contributed by atoms with Crippen LogP contribution in [0.3, 0.4) is 0 Å². The standard InChI is InChI=1S/C22H22N2O3S2/c1-3-11-24-21(26)19-16-9-4-5-10-18(16)29-20(19)23-22(24)28-13-17(25)14-7-6-8-15(12-14)27-2/h3,6-8,12H,1,4-5,9-11,13H2,2H3. The number of fused-ring (bicyclic) bond motifs is 3. The Morgan fingerprint density at radius 2 is 2.21 bits per heavy atom. The number of hydrogen-bond donors (Lipinski definition) is 0. The lowest BCUT2D eigenvalue weighted by atomic mass is 9.97. The number of aromatic nitrogens is 2. The van der Waals surface area contributed by atoms with Crippen molar-refractivity contribution in [1.29, 1.82) is 0 Å². The van der Waals surface area contributed by atoms with Gasteiger partial charge in [0.05, 0.1) is 18.2 Å². The molecule has 150 valence electrons. The van der Waals surface area contributed by atoms with Crippen LogP contribution in [0.15, 0.2) is 46.9 Å². The minimum Gasteiger partial charge on any atom is -0.497 e. The molecular formula is C22H22N2O3S2. The fourth-order valence-corrected chi connectivity index (χ4v) is 5.84. The van der Waals surface area contributed by atoms with Gasteiger partial charge in [-0.2, -0.15) is 0 Å². The number of benzene rings is 1. The molecule has 29 heavy (non-hydrogen) atoms. The Morgan fingerprint density at radius 1 is 1.38 bits per heavy atom. The number of nitrogens with zero attached hydrogens (tertiary/aromatic N) is 2. The highest BCUT2D eigenvalue weighted by atomic mass is 32.2. The first-order valence-electron chi connectivity index (χ1n) is 9.58. The van der Waals surface area contributed by atoms with Crippen molar-refractivity contribution in [3.8, 4) is 5.75 Å². The molecule has 0 atom stereocenters. The van der Waals surface area contributed by atoms with Gasteiger partial charge in [0, 0.05) is 17.0 Å². The third kappa shape index (κ3) is 3.89. The van der Waals surface area contributed by atoms with Crippen LogP contribution >= 0.6 is 23.1 Å².